The Morgan fingerprint density at radius 2 is 1.91 bits per heavy atom. The van der Waals surface area contributed by atoms with E-state index in [4.69, 9.17) is 4.74 Å². The van der Waals surface area contributed by atoms with Gasteiger partial charge in [0.2, 0.25) is 11.7 Å². The molecule has 3 heterocycles. The van der Waals surface area contributed by atoms with E-state index >= 15 is 0 Å². The number of hydrogen-bond donors (Lipinski definition) is 1. The minimum atomic E-state index is -0.106. The van der Waals surface area contributed by atoms with Crippen molar-refractivity contribution in [2.45, 2.75) is 38.3 Å². The van der Waals surface area contributed by atoms with Gasteiger partial charge in [-0.15, -0.1) is 10.2 Å². The molecule has 1 fully saturated rings. The Bertz CT molecular complexity index is 1310. The number of ether oxygens (including phenoxy) is 1. The van der Waals surface area contributed by atoms with Crippen LogP contribution in [0.4, 0.5) is 0 Å². The highest BCUT2D eigenvalue weighted by molar-refractivity contribution is 5.80. The van der Waals surface area contributed by atoms with Crippen LogP contribution in [0.25, 0.3) is 16.7 Å². The van der Waals surface area contributed by atoms with Crippen molar-refractivity contribution in [3.63, 3.8) is 0 Å². The van der Waals surface area contributed by atoms with Crippen molar-refractivity contribution in [3.05, 3.63) is 76.3 Å². The molecular formula is C24H25N5O3. The van der Waals surface area contributed by atoms with Crippen molar-refractivity contribution in [1.82, 2.24) is 24.5 Å². The lowest BCUT2D eigenvalue weighted by molar-refractivity contribution is -0.121. The third kappa shape index (κ3) is 4.01. The molecule has 164 valence electrons. The second-order valence-electron chi connectivity index (χ2n) is 8.08. The molecule has 2 aromatic heterocycles. The van der Waals surface area contributed by atoms with Crippen LogP contribution in [0.1, 0.15) is 30.7 Å². The van der Waals surface area contributed by atoms with E-state index in [-0.39, 0.29) is 17.6 Å². The molecule has 1 atom stereocenters. The predicted molar refractivity (Wildman–Crippen MR) is 121 cm³/mol. The lowest BCUT2D eigenvalue weighted by Gasteiger charge is -2.12. The zero-order valence-electron chi connectivity index (χ0n) is 17.7. The summed E-state index contributed by atoms with van der Waals surface area (Å²) in [6, 6.07) is 17.2. The van der Waals surface area contributed by atoms with E-state index in [0.717, 1.165) is 30.5 Å². The fourth-order valence-corrected chi connectivity index (χ4v) is 4.23. The molecule has 2 aromatic carbocycles. The average molecular weight is 431 g/mol. The normalized spacial score (nSPS) is 16.1. The van der Waals surface area contributed by atoms with Gasteiger partial charge in [-0.3, -0.25) is 18.6 Å². The SMILES string of the molecule is O=C(CCc1nnc2n(Cc3ccccc3)c(=O)c3ccccc3n12)NCC1CCCO1. The van der Waals surface area contributed by atoms with E-state index in [1.54, 1.807) is 4.57 Å². The summed E-state index contributed by atoms with van der Waals surface area (Å²) in [5.41, 5.74) is 1.65. The van der Waals surface area contributed by atoms with Crippen LogP contribution in [0.15, 0.2) is 59.4 Å². The van der Waals surface area contributed by atoms with E-state index in [0.29, 0.717) is 42.9 Å². The standard InChI is InChI=1S/C24H25N5O3/c30-22(25-15-18-9-6-14-32-18)13-12-21-26-27-24-28(16-17-7-2-1-3-8-17)23(31)19-10-4-5-11-20(19)29(21)24/h1-5,7-8,10-11,18H,6,9,12-16H2,(H,25,30). The van der Waals surface area contributed by atoms with Crippen LogP contribution in [0.2, 0.25) is 0 Å². The minimum absolute atomic E-state index is 0.0424. The first-order chi connectivity index (χ1) is 15.7. The Labute approximate surface area is 184 Å². The number of fused-ring (bicyclic) bond motifs is 3. The van der Waals surface area contributed by atoms with Crippen molar-refractivity contribution in [2.75, 3.05) is 13.2 Å². The highest BCUT2D eigenvalue weighted by Crippen LogP contribution is 2.17. The molecule has 1 saturated heterocycles. The summed E-state index contributed by atoms with van der Waals surface area (Å²) >= 11 is 0. The number of amides is 1. The number of carbonyl (C=O) groups is 1. The fraction of sp³-hybridized carbons (Fsp3) is 0.333. The molecule has 0 bridgehead atoms. The Balaban J connectivity index is 1.45. The molecule has 8 nitrogen and oxygen atoms in total. The van der Waals surface area contributed by atoms with Crippen molar-refractivity contribution in [2.24, 2.45) is 0 Å². The summed E-state index contributed by atoms with van der Waals surface area (Å²) in [6.07, 6.45) is 2.86. The van der Waals surface area contributed by atoms with Crippen molar-refractivity contribution >= 4 is 22.6 Å². The molecule has 1 aliphatic heterocycles. The highest BCUT2D eigenvalue weighted by Gasteiger charge is 2.19. The van der Waals surface area contributed by atoms with Gasteiger partial charge >= 0.3 is 0 Å². The zero-order valence-corrected chi connectivity index (χ0v) is 17.7. The molecule has 0 saturated carbocycles. The lowest BCUT2D eigenvalue weighted by atomic mass is 10.2. The molecule has 32 heavy (non-hydrogen) atoms. The number of aromatic nitrogens is 4. The van der Waals surface area contributed by atoms with Gasteiger partial charge in [-0.25, -0.2) is 0 Å². The zero-order chi connectivity index (χ0) is 21.9. The summed E-state index contributed by atoms with van der Waals surface area (Å²) < 4.78 is 9.10. The number of nitrogens with zero attached hydrogens (tertiary/aromatic N) is 4. The Kier molecular flexibility index (Phi) is 5.68. The van der Waals surface area contributed by atoms with Gasteiger partial charge in [-0.05, 0) is 30.5 Å². The van der Waals surface area contributed by atoms with E-state index in [1.807, 2.05) is 59.0 Å². The van der Waals surface area contributed by atoms with E-state index in [1.165, 1.54) is 0 Å². The number of carbonyl (C=O) groups excluding carboxylic acids is 1. The van der Waals surface area contributed by atoms with Crippen LogP contribution in [0, 0.1) is 0 Å². The molecule has 5 rings (SSSR count). The van der Waals surface area contributed by atoms with Crippen LogP contribution >= 0.6 is 0 Å². The Morgan fingerprint density at radius 3 is 2.72 bits per heavy atom. The monoisotopic (exact) mass is 431 g/mol. The van der Waals surface area contributed by atoms with Crippen molar-refractivity contribution in [3.8, 4) is 0 Å². The van der Waals surface area contributed by atoms with Crippen LogP contribution in [0.3, 0.4) is 0 Å². The Hall–Kier alpha value is -3.52. The number of para-hydroxylation sites is 1. The molecular weight excluding hydrogens is 406 g/mol. The number of hydrogen-bond acceptors (Lipinski definition) is 5. The van der Waals surface area contributed by atoms with Gasteiger partial charge in [0.15, 0.2) is 0 Å². The van der Waals surface area contributed by atoms with Gasteiger partial charge in [0.25, 0.3) is 5.56 Å². The first-order valence-electron chi connectivity index (χ1n) is 11.0. The molecule has 1 N–H and O–H groups in total. The van der Waals surface area contributed by atoms with Gasteiger partial charge in [0.05, 0.1) is 23.6 Å². The molecule has 8 heteroatoms. The number of benzene rings is 2. The van der Waals surface area contributed by atoms with Crippen molar-refractivity contribution in [1.29, 1.82) is 0 Å². The molecule has 0 aliphatic carbocycles. The first-order valence-corrected chi connectivity index (χ1v) is 11.0. The van der Waals surface area contributed by atoms with Gasteiger partial charge in [-0.1, -0.05) is 42.5 Å². The first kappa shape index (κ1) is 20.4. The molecule has 1 aliphatic rings. The summed E-state index contributed by atoms with van der Waals surface area (Å²) in [5, 5.41) is 12.2. The molecule has 4 aromatic rings. The smallest absolute Gasteiger partial charge is 0.263 e. The molecule has 1 unspecified atom stereocenters. The quantitative estimate of drug-likeness (QED) is 0.485. The summed E-state index contributed by atoms with van der Waals surface area (Å²) in [6.45, 7) is 1.71. The number of rotatable bonds is 7. The number of aryl methyl sites for hydroxylation is 1. The van der Waals surface area contributed by atoms with Crippen LogP contribution < -0.4 is 10.9 Å². The fourth-order valence-electron chi connectivity index (χ4n) is 4.23. The number of nitrogens with one attached hydrogen (secondary N) is 1. The summed E-state index contributed by atoms with van der Waals surface area (Å²) in [4.78, 5) is 25.6. The van der Waals surface area contributed by atoms with E-state index in [9.17, 15) is 9.59 Å². The summed E-state index contributed by atoms with van der Waals surface area (Å²) in [7, 11) is 0. The van der Waals surface area contributed by atoms with Crippen LogP contribution in [-0.2, 0) is 22.5 Å². The highest BCUT2D eigenvalue weighted by atomic mass is 16.5. The van der Waals surface area contributed by atoms with Gasteiger partial charge in [-0.2, -0.15) is 0 Å². The summed E-state index contributed by atoms with van der Waals surface area (Å²) in [5.74, 6) is 1.09. The van der Waals surface area contributed by atoms with Gasteiger partial charge in [0, 0.05) is 26.0 Å². The molecule has 1 amide bonds. The van der Waals surface area contributed by atoms with Crippen molar-refractivity contribution < 1.29 is 9.53 Å². The van der Waals surface area contributed by atoms with Gasteiger partial charge in [0.1, 0.15) is 5.82 Å². The largest absolute Gasteiger partial charge is 0.376 e. The van der Waals surface area contributed by atoms with Crippen LogP contribution in [0.5, 0.6) is 0 Å². The third-order valence-electron chi connectivity index (χ3n) is 5.88. The third-order valence-corrected chi connectivity index (χ3v) is 5.88. The topological polar surface area (TPSA) is 90.5 Å². The molecule has 0 spiro atoms. The van der Waals surface area contributed by atoms with Gasteiger partial charge < -0.3 is 10.1 Å². The second kappa shape index (κ2) is 8.92. The average Bonchev–Trinajstić information content (AvgIpc) is 3.50. The second-order valence-corrected chi connectivity index (χ2v) is 8.08. The predicted octanol–water partition coefficient (Wildman–Crippen LogP) is 2.32. The lowest BCUT2D eigenvalue weighted by Crippen LogP contribution is -2.32. The maximum atomic E-state index is 13.2. The minimum Gasteiger partial charge on any atom is -0.376 e. The maximum Gasteiger partial charge on any atom is 0.263 e. The maximum absolute atomic E-state index is 13.2. The van der Waals surface area contributed by atoms with E-state index in [2.05, 4.69) is 15.5 Å². The van der Waals surface area contributed by atoms with E-state index < -0.39 is 0 Å². The Morgan fingerprint density at radius 1 is 1.09 bits per heavy atom. The molecule has 0 radical (unpaired) electrons. The van der Waals surface area contributed by atoms with Crippen LogP contribution in [-0.4, -0.2) is 44.3 Å².